The second-order valence-corrected chi connectivity index (χ2v) is 4.00. The Balaban J connectivity index is 3.51. The van der Waals surface area contributed by atoms with E-state index >= 15 is 0 Å². The first kappa shape index (κ1) is 14.6. The molecule has 0 saturated heterocycles. The number of esters is 1. The van der Waals surface area contributed by atoms with Crippen LogP contribution in [0.25, 0.3) is 0 Å². The lowest BCUT2D eigenvalue weighted by Crippen LogP contribution is -2.15. The summed E-state index contributed by atoms with van der Waals surface area (Å²) in [6.07, 6.45) is -4.92. The molecule has 0 aliphatic heterocycles. The fraction of sp³-hybridized carbons (Fsp3) is 0.500. The zero-order valence-corrected chi connectivity index (χ0v) is 10.1. The van der Waals surface area contributed by atoms with Gasteiger partial charge in [0.05, 0.1) is 6.61 Å². The Morgan fingerprint density at radius 3 is 2.50 bits per heavy atom. The van der Waals surface area contributed by atoms with E-state index in [1.54, 1.807) is 0 Å². The van der Waals surface area contributed by atoms with Gasteiger partial charge >= 0.3 is 12.1 Å². The Bertz CT molecular complexity index is 497. The van der Waals surface area contributed by atoms with Gasteiger partial charge in [0, 0.05) is 7.05 Å². The van der Waals surface area contributed by atoms with Gasteiger partial charge in [0.15, 0.2) is 10.7 Å². The number of halogens is 3. The minimum atomic E-state index is -4.92. The maximum atomic E-state index is 12.6. The minimum absolute atomic E-state index is 0.164. The summed E-state index contributed by atoms with van der Waals surface area (Å²) in [6, 6.07) is 0. The number of carbonyl (C=O) groups is 1. The molecule has 1 aromatic heterocycles. The van der Waals surface area contributed by atoms with Crippen molar-refractivity contribution in [3.05, 3.63) is 11.3 Å². The maximum Gasteiger partial charge on any atom is 0.436 e. The number of ether oxygens (including phenoxy) is 1. The fourth-order valence-corrected chi connectivity index (χ4v) is 1.92. The Morgan fingerprint density at radius 2 is 2.11 bits per heavy atom. The molecule has 0 fully saturated rings. The summed E-state index contributed by atoms with van der Waals surface area (Å²) in [7, 11) is 1.03. The molecule has 1 aromatic rings. The predicted molar refractivity (Wildman–Crippen MR) is 53.2 cm³/mol. The van der Waals surface area contributed by atoms with Crippen LogP contribution in [0.3, 0.4) is 0 Å². The third-order valence-corrected chi connectivity index (χ3v) is 2.71. The van der Waals surface area contributed by atoms with Crippen LogP contribution in [0.5, 0.6) is 0 Å². The Hall–Kier alpha value is -1.42. The van der Waals surface area contributed by atoms with E-state index in [0.29, 0.717) is 4.68 Å². The van der Waals surface area contributed by atoms with Gasteiger partial charge in [-0.25, -0.2) is 9.00 Å². The molecule has 1 unspecified atom stereocenters. The van der Waals surface area contributed by atoms with E-state index in [9.17, 15) is 22.2 Å². The molecule has 102 valence electrons. The van der Waals surface area contributed by atoms with E-state index in [1.807, 2.05) is 0 Å². The highest BCUT2D eigenvalue weighted by Crippen LogP contribution is 2.33. The highest BCUT2D eigenvalue weighted by atomic mass is 32.2. The van der Waals surface area contributed by atoms with Gasteiger partial charge in [0.1, 0.15) is 5.56 Å². The summed E-state index contributed by atoms with van der Waals surface area (Å²) in [5.74, 6) is -1.34. The first-order valence-corrected chi connectivity index (χ1v) is 5.73. The topological polar surface area (TPSA) is 81.4 Å². The zero-order chi connectivity index (χ0) is 14.1. The normalized spacial score (nSPS) is 13.4. The molecule has 0 saturated carbocycles. The van der Waals surface area contributed by atoms with Crippen LogP contribution in [-0.2, 0) is 29.0 Å². The van der Waals surface area contributed by atoms with Crippen molar-refractivity contribution >= 4 is 17.0 Å². The molecule has 1 atom stereocenters. The maximum absolute atomic E-state index is 12.6. The fourth-order valence-electron chi connectivity index (χ4n) is 1.29. The third kappa shape index (κ3) is 2.70. The van der Waals surface area contributed by atoms with Crippen molar-refractivity contribution in [1.29, 1.82) is 0 Å². The molecule has 0 amide bonds. The number of aryl methyl sites for hydroxylation is 1. The lowest BCUT2D eigenvalue weighted by atomic mass is 10.2. The van der Waals surface area contributed by atoms with E-state index in [4.69, 9.17) is 4.55 Å². The number of rotatable bonds is 3. The van der Waals surface area contributed by atoms with Crippen LogP contribution in [0.1, 0.15) is 23.0 Å². The molecule has 0 bridgehead atoms. The zero-order valence-electron chi connectivity index (χ0n) is 9.32. The van der Waals surface area contributed by atoms with Crippen molar-refractivity contribution in [3.8, 4) is 0 Å². The standard InChI is InChI=1S/C8H9F3N2O4S/c1-3-17-7(14)4-5(8(9,10)11)12-13(2)6(4)18(15)16/h3H2,1-2H3,(H,15,16). The number of alkyl halides is 3. The van der Waals surface area contributed by atoms with Gasteiger partial charge in [-0.3, -0.25) is 4.68 Å². The Kier molecular flexibility index (Phi) is 4.12. The number of hydrogen-bond donors (Lipinski definition) is 1. The van der Waals surface area contributed by atoms with Crippen LogP contribution in [0, 0.1) is 0 Å². The molecule has 0 aromatic carbocycles. The number of aromatic nitrogens is 2. The quantitative estimate of drug-likeness (QED) is 0.667. The van der Waals surface area contributed by atoms with E-state index in [0.717, 1.165) is 7.05 Å². The van der Waals surface area contributed by atoms with E-state index in [2.05, 4.69) is 9.84 Å². The van der Waals surface area contributed by atoms with Gasteiger partial charge in [-0.1, -0.05) is 0 Å². The van der Waals surface area contributed by atoms with Gasteiger partial charge in [-0.05, 0) is 6.92 Å². The molecule has 1 N–H and O–H groups in total. The molecule has 1 heterocycles. The second kappa shape index (κ2) is 5.06. The van der Waals surface area contributed by atoms with E-state index < -0.39 is 39.5 Å². The SMILES string of the molecule is CCOC(=O)c1c(C(F)(F)F)nn(C)c1S(=O)O. The van der Waals surface area contributed by atoms with Gasteiger partial charge in [-0.2, -0.15) is 18.3 Å². The van der Waals surface area contributed by atoms with Crippen LogP contribution in [0.4, 0.5) is 13.2 Å². The summed E-state index contributed by atoms with van der Waals surface area (Å²) in [5, 5.41) is 2.29. The monoisotopic (exact) mass is 286 g/mol. The molecule has 0 aliphatic rings. The molecule has 0 spiro atoms. The highest BCUT2D eigenvalue weighted by molar-refractivity contribution is 7.79. The van der Waals surface area contributed by atoms with Crippen LogP contribution in [0.15, 0.2) is 5.03 Å². The van der Waals surface area contributed by atoms with Crippen LogP contribution < -0.4 is 0 Å². The third-order valence-electron chi connectivity index (χ3n) is 1.91. The predicted octanol–water partition coefficient (Wildman–Crippen LogP) is 1.20. The van der Waals surface area contributed by atoms with Crippen molar-refractivity contribution in [1.82, 2.24) is 9.78 Å². The van der Waals surface area contributed by atoms with Crippen molar-refractivity contribution < 1.29 is 31.5 Å². The molecule has 0 radical (unpaired) electrons. The molecule has 10 heteroatoms. The summed E-state index contributed by atoms with van der Waals surface area (Å²) in [4.78, 5) is 11.4. The number of hydrogen-bond acceptors (Lipinski definition) is 4. The van der Waals surface area contributed by atoms with Crippen molar-refractivity contribution in [2.75, 3.05) is 6.61 Å². The van der Waals surface area contributed by atoms with Crippen molar-refractivity contribution in [2.24, 2.45) is 7.05 Å². The smallest absolute Gasteiger partial charge is 0.436 e. The first-order chi connectivity index (χ1) is 8.20. The van der Waals surface area contributed by atoms with Crippen molar-refractivity contribution in [2.45, 2.75) is 18.1 Å². The van der Waals surface area contributed by atoms with E-state index in [-0.39, 0.29) is 6.61 Å². The van der Waals surface area contributed by atoms with Gasteiger partial charge in [0.2, 0.25) is 11.1 Å². The van der Waals surface area contributed by atoms with Gasteiger partial charge in [-0.15, -0.1) is 0 Å². The van der Waals surface area contributed by atoms with Gasteiger partial charge in [0.25, 0.3) is 0 Å². The highest BCUT2D eigenvalue weighted by Gasteiger charge is 2.42. The average Bonchev–Trinajstić information content (AvgIpc) is 2.55. The first-order valence-electron chi connectivity index (χ1n) is 4.62. The lowest BCUT2D eigenvalue weighted by molar-refractivity contribution is -0.142. The summed E-state index contributed by atoms with van der Waals surface area (Å²) in [5.41, 5.74) is -2.58. The number of nitrogens with zero attached hydrogens (tertiary/aromatic N) is 2. The van der Waals surface area contributed by atoms with E-state index in [1.165, 1.54) is 6.92 Å². The summed E-state index contributed by atoms with van der Waals surface area (Å²) < 4.78 is 62.8. The van der Waals surface area contributed by atoms with Crippen LogP contribution in [-0.4, -0.2) is 31.1 Å². The second-order valence-electron chi connectivity index (χ2n) is 3.12. The lowest BCUT2D eigenvalue weighted by Gasteiger charge is -2.06. The van der Waals surface area contributed by atoms with Crippen LogP contribution in [0.2, 0.25) is 0 Å². The summed E-state index contributed by atoms with van der Waals surface area (Å²) in [6.45, 7) is 1.24. The molecular formula is C8H9F3N2O4S. The van der Waals surface area contributed by atoms with Gasteiger partial charge < -0.3 is 9.29 Å². The number of carbonyl (C=O) groups excluding carboxylic acids is 1. The molecule has 18 heavy (non-hydrogen) atoms. The van der Waals surface area contributed by atoms with Crippen molar-refractivity contribution in [3.63, 3.8) is 0 Å². The molecule has 0 aliphatic carbocycles. The Morgan fingerprint density at radius 1 is 1.56 bits per heavy atom. The minimum Gasteiger partial charge on any atom is -0.462 e. The summed E-state index contributed by atoms with van der Waals surface area (Å²) >= 11 is -2.79. The average molecular weight is 286 g/mol. The largest absolute Gasteiger partial charge is 0.462 e. The molecule has 1 rings (SSSR count). The molecule has 6 nitrogen and oxygen atoms in total. The molecular weight excluding hydrogens is 277 g/mol. The Labute approximate surface area is 102 Å². The van der Waals surface area contributed by atoms with Crippen LogP contribution >= 0.6 is 0 Å².